The number of methoxy groups -OCH3 is 1. The molecule has 3 aromatic rings. The van der Waals surface area contributed by atoms with E-state index in [2.05, 4.69) is 5.32 Å². The highest BCUT2D eigenvalue weighted by atomic mass is 16.5. The largest absolute Gasteiger partial charge is 0.495 e. The van der Waals surface area contributed by atoms with Crippen molar-refractivity contribution < 1.29 is 13.9 Å². The number of para-hydroxylation sites is 3. The van der Waals surface area contributed by atoms with Gasteiger partial charge in [-0.15, -0.1) is 0 Å². The Labute approximate surface area is 139 Å². The van der Waals surface area contributed by atoms with Crippen LogP contribution in [-0.4, -0.2) is 13.0 Å². The molecule has 4 rings (SSSR count). The summed E-state index contributed by atoms with van der Waals surface area (Å²) in [6, 6.07) is 18.6. The van der Waals surface area contributed by atoms with Crippen molar-refractivity contribution in [3.05, 3.63) is 78.3 Å². The number of carbonyl (C=O) groups excluding carboxylic acids is 1. The first-order chi connectivity index (χ1) is 11.8. The molecule has 5 nitrogen and oxygen atoms in total. The molecule has 1 aromatic heterocycles. The Bertz CT molecular complexity index is 874. The van der Waals surface area contributed by atoms with E-state index >= 15 is 0 Å². The van der Waals surface area contributed by atoms with Gasteiger partial charge < -0.3 is 14.5 Å². The molecule has 120 valence electrons. The smallest absolute Gasteiger partial charge is 0.262 e. The first-order valence-corrected chi connectivity index (χ1v) is 7.65. The van der Waals surface area contributed by atoms with Gasteiger partial charge in [0.2, 0.25) is 0 Å². The topological polar surface area (TPSA) is 54.7 Å². The Morgan fingerprint density at radius 2 is 1.83 bits per heavy atom. The van der Waals surface area contributed by atoms with E-state index in [1.165, 1.54) is 0 Å². The molecule has 2 heterocycles. The lowest BCUT2D eigenvalue weighted by Gasteiger charge is -2.37. The van der Waals surface area contributed by atoms with Crippen LogP contribution in [0.25, 0.3) is 0 Å². The predicted octanol–water partition coefficient (Wildman–Crippen LogP) is 4.06. The quantitative estimate of drug-likeness (QED) is 0.791. The minimum atomic E-state index is -0.446. The van der Waals surface area contributed by atoms with Crippen molar-refractivity contribution in [2.24, 2.45) is 0 Å². The van der Waals surface area contributed by atoms with E-state index in [-0.39, 0.29) is 5.91 Å². The maximum Gasteiger partial charge on any atom is 0.262 e. The summed E-state index contributed by atoms with van der Waals surface area (Å²) in [5.74, 6) is 1.18. The molecule has 0 spiro atoms. The average molecular weight is 320 g/mol. The fraction of sp³-hybridized carbons (Fsp3) is 0.105. The number of furan rings is 1. The van der Waals surface area contributed by atoms with E-state index in [0.717, 1.165) is 5.69 Å². The lowest BCUT2D eigenvalue weighted by atomic mass is 10.1. The Balaban J connectivity index is 1.89. The van der Waals surface area contributed by atoms with Gasteiger partial charge in [-0.1, -0.05) is 24.3 Å². The molecular weight excluding hydrogens is 304 g/mol. The van der Waals surface area contributed by atoms with E-state index in [9.17, 15) is 4.79 Å². The fourth-order valence-electron chi connectivity index (χ4n) is 2.98. The van der Waals surface area contributed by atoms with Crippen LogP contribution in [0.4, 0.5) is 11.4 Å². The number of benzene rings is 2. The lowest BCUT2D eigenvalue weighted by Crippen LogP contribution is -2.43. The van der Waals surface area contributed by atoms with Gasteiger partial charge in [0.25, 0.3) is 5.91 Å². The number of rotatable bonds is 3. The van der Waals surface area contributed by atoms with Crippen molar-refractivity contribution in [3.8, 4) is 5.75 Å². The van der Waals surface area contributed by atoms with Gasteiger partial charge in [-0.05, 0) is 36.4 Å². The summed E-state index contributed by atoms with van der Waals surface area (Å²) in [7, 11) is 1.59. The van der Waals surface area contributed by atoms with Crippen molar-refractivity contribution in [1.29, 1.82) is 0 Å². The van der Waals surface area contributed by atoms with Gasteiger partial charge in [-0.25, -0.2) is 0 Å². The van der Waals surface area contributed by atoms with Crippen LogP contribution < -0.4 is 15.0 Å². The molecule has 1 aliphatic heterocycles. The molecular formula is C19H16N2O3. The predicted molar refractivity (Wildman–Crippen MR) is 91.3 cm³/mol. The van der Waals surface area contributed by atoms with Crippen molar-refractivity contribution >= 4 is 17.3 Å². The van der Waals surface area contributed by atoms with Gasteiger partial charge >= 0.3 is 0 Å². The Kier molecular flexibility index (Phi) is 3.46. The molecule has 0 saturated carbocycles. The van der Waals surface area contributed by atoms with Crippen LogP contribution in [0.5, 0.6) is 5.75 Å². The zero-order chi connectivity index (χ0) is 16.5. The van der Waals surface area contributed by atoms with Crippen LogP contribution in [-0.2, 0) is 0 Å². The third kappa shape index (κ3) is 2.22. The van der Waals surface area contributed by atoms with Gasteiger partial charge in [0.1, 0.15) is 11.5 Å². The van der Waals surface area contributed by atoms with Gasteiger partial charge in [0.05, 0.1) is 24.6 Å². The van der Waals surface area contributed by atoms with Crippen LogP contribution in [0, 0.1) is 0 Å². The summed E-state index contributed by atoms with van der Waals surface area (Å²) in [6.45, 7) is 0. The molecule has 5 heteroatoms. The zero-order valence-electron chi connectivity index (χ0n) is 13.1. The molecule has 2 aromatic carbocycles. The van der Waals surface area contributed by atoms with Gasteiger partial charge in [-0.3, -0.25) is 9.69 Å². The van der Waals surface area contributed by atoms with Crippen LogP contribution in [0.2, 0.25) is 0 Å². The molecule has 0 fully saturated rings. The first-order valence-electron chi connectivity index (χ1n) is 7.65. The average Bonchev–Trinajstić information content (AvgIpc) is 3.16. The minimum Gasteiger partial charge on any atom is -0.495 e. The molecule has 0 unspecified atom stereocenters. The Morgan fingerprint density at radius 1 is 1.04 bits per heavy atom. The number of anilines is 2. The second-order valence-electron chi connectivity index (χ2n) is 5.45. The van der Waals surface area contributed by atoms with Crippen LogP contribution in [0.3, 0.4) is 0 Å². The SMILES string of the molecule is COc1ccccc1N1C(=O)c2ccccc2N[C@H]1c1ccco1. The number of ether oxygens (including phenoxy) is 1. The molecule has 1 atom stereocenters. The first kappa shape index (κ1) is 14.4. The molecule has 1 aliphatic rings. The van der Waals surface area contributed by atoms with Crippen LogP contribution in [0.15, 0.2) is 71.3 Å². The zero-order valence-corrected chi connectivity index (χ0v) is 13.1. The highest BCUT2D eigenvalue weighted by Crippen LogP contribution is 2.40. The fourth-order valence-corrected chi connectivity index (χ4v) is 2.98. The second-order valence-corrected chi connectivity index (χ2v) is 5.45. The van der Waals surface area contributed by atoms with Gasteiger partial charge in [0, 0.05) is 5.69 Å². The van der Waals surface area contributed by atoms with Gasteiger partial charge in [0.15, 0.2) is 6.17 Å². The molecule has 0 radical (unpaired) electrons. The Hall–Kier alpha value is -3.21. The molecule has 0 bridgehead atoms. The third-order valence-electron chi connectivity index (χ3n) is 4.08. The summed E-state index contributed by atoms with van der Waals surface area (Å²) in [4.78, 5) is 14.8. The normalized spacial score (nSPS) is 16.5. The molecule has 0 saturated heterocycles. The molecule has 1 N–H and O–H groups in total. The standard InChI is InChI=1S/C19H16N2O3/c1-23-16-10-5-4-9-15(16)21-18(17-11-6-12-24-17)20-14-8-3-2-7-13(14)19(21)22/h2-12,18,20H,1H3/t18-/m1/s1. The minimum absolute atomic E-state index is 0.102. The maximum atomic E-state index is 13.2. The van der Waals surface area contributed by atoms with Crippen molar-refractivity contribution in [3.63, 3.8) is 0 Å². The number of amides is 1. The summed E-state index contributed by atoms with van der Waals surface area (Å²) in [5.41, 5.74) is 2.09. The highest BCUT2D eigenvalue weighted by molar-refractivity contribution is 6.12. The summed E-state index contributed by atoms with van der Waals surface area (Å²) in [5, 5.41) is 3.39. The number of hydrogen-bond donors (Lipinski definition) is 1. The van der Waals surface area contributed by atoms with E-state index in [1.54, 1.807) is 18.3 Å². The van der Waals surface area contributed by atoms with Crippen molar-refractivity contribution in [1.82, 2.24) is 0 Å². The number of carbonyl (C=O) groups is 1. The van der Waals surface area contributed by atoms with E-state index in [0.29, 0.717) is 22.8 Å². The Morgan fingerprint density at radius 3 is 2.62 bits per heavy atom. The molecule has 0 aliphatic carbocycles. The van der Waals surface area contributed by atoms with Gasteiger partial charge in [-0.2, -0.15) is 0 Å². The van der Waals surface area contributed by atoms with Crippen molar-refractivity contribution in [2.45, 2.75) is 6.17 Å². The number of hydrogen-bond acceptors (Lipinski definition) is 4. The summed E-state index contributed by atoms with van der Waals surface area (Å²) < 4.78 is 11.0. The van der Waals surface area contributed by atoms with Crippen molar-refractivity contribution in [2.75, 3.05) is 17.3 Å². The summed E-state index contributed by atoms with van der Waals surface area (Å²) >= 11 is 0. The molecule has 24 heavy (non-hydrogen) atoms. The third-order valence-corrected chi connectivity index (χ3v) is 4.08. The van der Waals surface area contributed by atoms with E-state index in [4.69, 9.17) is 9.15 Å². The lowest BCUT2D eigenvalue weighted by molar-refractivity contribution is 0.0971. The number of fused-ring (bicyclic) bond motifs is 1. The highest BCUT2D eigenvalue weighted by Gasteiger charge is 2.36. The number of nitrogens with one attached hydrogen (secondary N) is 1. The van der Waals surface area contributed by atoms with E-state index in [1.807, 2.05) is 60.7 Å². The van der Waals surface area contributed by atoms with Crippen LogP contribution in [0.1, 0.15) is 22.3 Å². The van der Waals surface area contributed by atoms with Crippen LogP contribution >= 0.6 is 0 Å². The monoisotopic (exact) mass is 320 g/mol. The summed E-state index contributed by atoms with van der Waals surface area (Å²) in [6.07, 6.45) is 1.15. The maximum absolute atomic E-state index is 13.2. The van der Waals surface area contributed by atoms with E-state index < -0.39 is 6.17 Å². The molecule has 1 amide bonds. The number of nitrogens with zero attached hydrogens (tertiary/aromatic N) is 1. The second kappa shape index (κ2) is 5.77.